The summed E-state index contributed by atoms with van der Waals surface area (Å²) in [5.74, 6) is 0.487. The van der Waals surface area contributed by atoms with E-state index in [0.29, 0.717) is 24.8 Å². The van der Waals surface area contributed by atoms with Crippen molar-refractivity contribution in [1.82, 2.24) is 15.1 Å². The van der Waals surface area contributed by atoms with Crippen LogP contribution in [0.25, 0.3) is 10.9 Å². The topological polar surface area (TPSA) is 78.1 Å². The molecule has 0 unspecified atom stereocenters. The highest BCUT2D eigenvalue weighted by atomic mass is 79.9. The van der Waals surface area contributed by atoms with Gasteiger partial charge in [0.05, 0.1) is 11.4 Å². The number of halogens is 1. The maximum Gasteiger partial charge on any atom is 0.231 e. The van der Waals surface area contributed by atoms with Gasteiger partial charge in [-0.1, -0.05) is 29.8 Å². The molecular weight excluding hydrogens is 360 g/mol. The molecular formula is C16H19BrN4O2. The van der Waals surface area contributed by atoms with Crippen LogP contribution >= 0.6 is 15.9 Å². The maximum absolute atomic E-state index is 12.4. The van der Waals surface area contributed by atoms with Gasteiger partial charge in [0.15, 0.2) is 5.82 Å². The Morgan fingerprint density at radius 2 is 2.30 bits per heavy atom. The number of anilines is 1. The molecule has 2 aromatic rings. The van der Waals surface area contributed by atoms with Crippen molar-refractivity contribution in [2.75, 3.05) is 18.4 Å². The Balaban J connectivity index is 1.70. The van der Waals surface area contributed by atoms with Crippen LogP contribution in [-0.4, -0.2) is 40.0 Å². The van der Waals surface area contributed by atoms with Crippen molar-refractivity contribution in [2.45, 2.75) is 20.3 Å². The monoisotopic (exact) mass is 378 g/mol. The quantitative estimate of drug-likeness (QED) is 0.858. The molecule has 1 aromatic carbocycles. The minimum Gasteiger partial charge on any atom is -0.342 e. The third-order valence-electron chi connectivity index (χ3n) is 3.94. The second kappa shape index (κ2) is 6.31. The molecule has 1 aliphatic heterocycles. The van der Waals surface area contributed by atoms with Crippen LogP contribution in [0.4, 0.5) is 5.82 Å². The Morgan fingerprint density at radius 3 is 3.04 bits per heavy atom. The van der Waals surface area contributed by atoms with E-state index in [-0.39, 0.29) is 24.2 Å². The predicted molar refractivity (Wildman–Crippen MR) is 91.9 cm³/mol. The third-order valence-corrected chi connectivity index (χ3v) is 4.43. The molecule has 2 heterocycles. The van der Waals surface area contributed by atoms with Crippen molar-refractivity contribution in [2.24, 2.45) is 11.8 Å². The van der Waals surface area contributed by atoms with E-state index in [4.69, 9.17) is 0 Å². The van der Waals surface area contributed by atoms with Crippen LogP contribution < -0.4 is 5.32 Å². The van der Waals surface area contributed by atoms with Crippen molar-refractivity contribution >= 4 is 44.5 Å². The molecule has 7 heteroatoms. The summed E-state index contributed by atoms with van der Waals surface area (Å²) in [5, 5.41) is 10.8. The highest BCUT2D eigenvalue weighted by Crippen LogP contribution is 2.26. The van der Waals surface area contributed by atoms with Crippen LogP contribution in [0.15, 0.2) is 22.7 Å². The molecule has 0 bridgehead atoms. The van der Waals surface area contributed by atoms with E-state index in [1.54, 1.807) is 4.90 Å². The molecule has 1 fully saturated rings. The summed E-state index contributed by atoms with van der Waals surface area (Å²) >= 11 is 3.40. The summed E-state index contributed by atoms with van der Waals surface area (Å²) in [7, 11) is 0. The lowest BCUT2D eigenvalue weighted by Gasteiger charge is -2.18. The molecule has 2 N–H and O–H groups in total. The van der Waals surface area contributed by atoms with E-state index in [9.17, 15) is 9.59 Å². The number of hydrogen-bond donors (Lipinski definition) is 2. The first-order valence-corrected chi connectivity index (χ1v) is 8.45. The van der Waals surface area contributed by atoms with E-state index in [1.807, 2.05) is 18.2 Å². The zero-order chi connectivity index (χ0) is 16.6. The zero-order valence-corrected chi connectivity index (χ0v) is 14.7. The largest absolute Gasteiger partial charge is 0.342 e. The Labute approximate surface area is 142 Å². The molecule has 6 nitrogen and oxygen atoms in total. The second-order valence-corrected chi connectivity index (χ2v) is 7.26. The Hall–Kier alpha value is -1.89. The molecule has 23 heavy (non-hydrogen) atoms. The van der Waals surface area contributed by atoms with E-state index >= 15 is 0 Å². The first-order valence-electron chi connectivity index (χ1n) is 7.66. The number of aromatic nitrogens is 2. The first-order chi connectivity index (χ1) is 10.9. The number of benzene rings is 1. The number of rotatable bonds is 4. The smallest absolute Gasteiger partial charge is 0.231 e. The fraction of sp³-hybridized carbons (Fsp3) is 0.438. The normalized spacial score (nSPS) is 18.2. The minimum atomic E-state index is -0.316. The van der Waals surface area contributed by atoms with Gasteiger partial charge in [0, 0.05) is 29.4 Å². The highest BCUT2D eigenvalue weighted by molar-refractivity contribution is 9.10. The molecule has 0 saturated carbocycles. The highest BCUT2D eigenvalue weighted by Gasteiger charge is 2.34. The first kappa shape index (κ1) is 16.0. The zero-order valence-electron chi connectivity index (χ0n) is 13.1. The summed E-state index contributed by atoms with van der Waals surface area (Å²) in [6.45, 7) is 5.31. The summed E-state index contributed by atoms with van der Waals surface area (Å²) in [6.07, 6.45) is 0.270. The van der Waals surface area contributed by atoms with Crippen molar-refractivity contribution in [3.8, 4) is 0 Å². The summed E-state index contributed by atoms with van der Waals surface area (Å²) in [4.78, 5) is 26.2. The number of nitrogens with zero attached hydrogens (tertiary/aromatic N) is 2. The SMILES string of the molecule is CC(C)CN1C[C@@H](C(=O)Nc2n[nH]c3cc(Br)ccc23)CC1=O. The Morgan fingerprint density at radius 1 is 1.52 bits per heavy atom. The van der Waals surface area contributed by atoms with Crippen LogP contribution in [0.5, 0.6) is 0 Å². The fourth-order valence-electron chi connectivity index (χ4n) is 2.87. The lowest BCUT2D eigenvalue weighted by atomic mass is 10.1. The van der Waals surface area contributed by atoms with Gasteiger partial charge in [0.25, 0.3) is 0 Å². The molecule has 1 saturated heterocycles. The van der Waals surface area contributed by atoms with Gasteiger partial charge in [-0.3, -0.25) is 14.7 Å². The number of likely N-dealkylation sites (tertiary alicyclic amines) is 1. The summed E-state index contributed by atoms with van der Waals surface area (Å²) in [5.41, 5.74) is 0.846. The van der Waals surface area contributed by atoms with Gasteiger partial charge < -0.3 is 10.2 Å². The van der Waals surface area contributed by atoms with Gasteiger partial charge in [0.2, 0.25) is 11.8 Å². The molecule has 1 aliphatic rings. The standard InChI is InChI=1S/C16H19BrN4O2/c1-9(2)7-21-8-10(5-14(21)22)16(23)18-15-12-4-3-11(17)6-13(12)19-20-15/h3-4,6,9-10H,5,7-8H2,1-2H3,(H2,18,19,20,23)/t10-/m0/s1. The number of nitrogens with one attached hydrogen (secondary N) is 2. The van der Waals surface area contributed by atoms with Gasteiger partial charge in [-0.05, 0) is 24.1 Å². The number of amides is 2. The molecule has 122 valence electrons. The lowest BCUT2D eigenvalue weighted by Crippen LogP contribution is -2.31. The average Bonchev–Trinajstić information content (AvgIpc) is 3.03. The van der Waals surface area contributed by atoms with Crippen LogP contribution in [-0.2, 0) is 9.59 Å². The predicted octanol–water partition coefficient (Wildman–Crippen LogP) is 2.77. The van der Waals surface area contributed by atoms with Crippen LogP contribution in [0, 0.1) is 11.8 Å². The number of carbonyl (C=O) groups excluding carboxylic acids is 2. The second-order valence-electron chi connectivity index (χ2n) is 6.34. The molecule has 0 aliphatic carbocycles. The number of carbonyl (C=O) groups is 2. The average molecular weight is 379 g/mol. The van der Waals surface area contributed by atoms with Crippen LogP contribution in [0.2, 0.25) is 0 Å². The van der Waals surface area contributed by atoms with Crippen molar-refractivity contribution < 1.29 is 9.59 Å². The number of hydrogen-bond acceptors (Lipinski definition) is 3. The maximum atomic E-state index is 12.4. The third kappa shape index (κ3) is 3.39. The van der Waals surface area contributed by atoms with Crippen molar-refractivity contribution in [1.29, 1.82) is 0 Å². The van der Waals surface area contributed by atoms with Gasteiger partial charge in [0.1, 0.15) is 0 Å². The fourth-order valence-corrected chi connectivity index (χ4v) is 3.23. The molecule has 2 amide bonds. The van der Waals surface area contributed by atoms with Gasteiger partial charge in [-0.2, -0.15) is 5.10 Å². The molecule has 1 aromatic heterocycles. The van der Waals surface area contributed by atoms with Crippen molar-refractivity contribution in [3.63, 3.8) is 0 Å². The van der Waals surface area contributed by atoms with E-state index < -0.39 is 0 Å². The minimum absolute atomic E-state index is 0.0506. The van der Waals surface area contributed by atoms with Gasteiger partial charge in [-0.15, -0.1) is 0 Å². The lowest BCUT2D eigenvalue weighted by molar-refractivity contribution is -0.128. The van der Waals surface area contributed by atoms with E-state index in [1.165, 1.54) is 0 Å². The van der Waals surface area contributed by atoms with Gasteiger partial charge >= 0.3 is 0 Å². The number of aromatic amines is 1. The molecule has 0 radical (unpaired) electrons. The van der Waals surface area contributed by atoms with E-state index in [2.05, 4.69) is 45.3 Å². The van der Waals surface area contributed by atoms with E-state index in [0.717, 1.165) is 15.4 Å². The van der Waals surface area contributed by atoms with Gasteiger partial charge in [-0.25, -0.2) is 0 Å². The summed E-state index contributed by atoms with van der Waals surface area (Å²) in [6, 6.07) is 5.70. The molecule has 3 rings (SSSR count). The Bertz CT molecular complexity index is 756. The molecule has 0 spiro atoms. The van der Waals surface area contributed by atoms with Crippen molar-refractivity contribution in [3.05, 3.63) is 22.7 Å². The molecule has 1 atom stereocenters. The van der Waals surface area contributed by atoms with Crippen LogP contribution in [0.3, 0.4) is 0 Å². The number of H-pyrrole nitrogens is 1. The Kier molecular flexibility index (Phi) is 4.39. The summed E-state index contributed by atoms with van der Waals surface area (Å²) < 4.78 is 0.942. The van der Waals surface area contributed by atoms with Crippen LogP contribution in [0.1, 0.15) is 20.3 Å². The number of fused-ring (bicyclic) bond motifs is 1.